The molecule has 0 spiro atoms. The number of hydrogen-bond donors (Lipinski definition) is 3. The number of nitrogens with zero attached hydrogens (tertiary/aromatic N) is 2. The average Bonchev–Trinajstić information content (AvgIpc) is 3.25. The van der Waals surface area contributed by atoms with Gasteiger partial charge in [0.2, 0.25) is 0 Å². The van der Waals surface area contributed by atoms with Gasteiger partial charge in [0.05, 0.1) is 11.6 Å². The maximum Gasteiger partial charge on any atom is 0.335 e. The van der Waals surface area contributed by atoms with Crippen LogP contribution in [0.2, 0.25) is 0 Å². The Morgan fingerprint density at radius 1 is 0.557 bits per heavy atom. The summed E-state index contributed by atoms with van der Waals surface area (Å²) in [4.78, 5) is 28.0. The van der Waals surface area contributed by atoms with Crippen LogP contribution < -0.4 is 20.5 Å². The van der Waals surface area contributed by atoms with E-state index in [4.69, 9.17) is 20.3 Å². The fourth-order valence-electron chi connectivity index (χ4n) is 6.96. The van der Waals surface area contributed by atoms with Gasteiger partial charge in [-0.3, -0.25) is 4.79 Å². The number of benzene rings is 6. The second kappa shape index (κ2) is 24.1. The molecule has 1 amide bonds. The Labute approximate surface area is 362 Å². The Bertz CT molecular complexity index is 2200. The van der Waals surface area contributed by atoms with E-state index in [1.54, 1.807) is 12.1 Å². The minimum atomic E-state index is -0.916. The van der Waals surface area contributed by atoms with E-state index >= 15 is 0 Å². The number of aromatic carboxylic acids is 1. The molecule has 9 nitrogen and oxygen atoms in total. The van der Waals surface area contributed by atoms with Crippen LogP contribution in [0, 0.1) is 27.7 Å². The average molecular weight is 823 g/mol. The van der Waals surface area contributed by atoms with Gasteiger partial charge in [-0.25, -0.2) is 4.79 Å². The molecule has 6 rings (SSSR count). The van der Waals surface area contributed by atoms with Gasteiger partial charge in [0.15, 0.2) is 0 Å². The number of ether oxygens (including phenoxy) is 2. The molecule has 2 unspecified atom stereocenters. The van der Waals surface area contributed by atoms with Crippen LogP contribution in [0.3, 0.4) is 0 Å². The first-order chi connectivity index (χ1) is 29.3. The molecule has 4 N–H and O–H groups in total. The molecule has 0 aliphatic rings. The van der Waals surface area contributed by atoms with E-state index in [9.17, 15) is 9.59 Å². The van der Waals surface area contributed by atoms with Crippen molar-refractivity contribution >= 4 is 11.9 Å². The molecule has 6 aromatic carbocycles. The Morgan fingerprint density at radius 3 is 1.25 bits per heavy atom. The van der Waals surface area contributed by atoms with E-state index in [2.05, 4.69) is 39.4 Å². The van der Waals surface area contributed by atoms with Gasteiger partial charge in [-0.1, -0.05) is 121 Å². The molecule has 0 bridgehead atoms. The highest BCUT2D eigenvalue weighted by atomic mass is 16.5. The predicted octanol–water partition coefficient (Wildman–Crippen LogP) is 9.74. The normalized spacial score (nSPS) is 11.7. The number of carbonyl (C=O) groups is 2. The van der Waals surface area contributed by atoms with E-state index in [0.717, 1.165) is 44.9 Å². The molecule has 0 saturated carbocycles. The SMILES string of the molecule is CN(C)C(CN)c1ccccc1.Cc1cc(C(=O)NCC(c2ccccc2)N(C)C)cc(C)c1OCc1ccccc1.Cc1cc(C(=O)O)cc(C)c1OCc1ccccc1. The third-order valence-corrected chi connectivity index (χ3v) is 10.2. The lowest BCUT2D eigenvalue weighted by molar-refractivity contribution is 0.0696. The van der Waals surface area contributed by atoms with Gasteiger partial charge in [0, 0.05) is 24.7 Å². The smallest absolute Gasteiger partial charge is 0.335 e. The lowest BCUT2D eigenvalue weighted by atomic mass is 10.0. The minimum absolute atomic E-state index is 0.0707. The second-order valence-corrected chi connectivity index (χ2v) is 15.5. The van der Waals surface area contributed by atoms with E-state index in [0.29, 0.717) is 43.5 Å². The summed E-state index contributed by atoms with van der Waals surface area (Å²) in [5, 5.41) is 12.1. The highest BCUT2D eigenvalue weighted by Crippen LogP contribution is 2.27. The molecule has 9 heteroatoms. The molecular formula is C52H62N4O5. The lowest BCUT2D eigenvalue weighted by Crippen LogP contribution is -2.34. The summed E-state index contributed by atoms with van der Waals surface area (Å²) in [6, 6.07) is 48.0. The number of hydrogen-bond acceptors (Lipinski definition) is 7. The number of carboxylic acids is 1. The van der Waals surface area contributed by atoms with Crippen molar-refractivity contribution in [3.63, 3.8) is 0 Å². The van der Waals surface area contributed by atoms with E-state index < -0.39 is 5.97 Å². The fraction of sp³-hybridized carbons (Fsp3) is 0.269. The number of aryl methyl sites for hydroxylation is 4. The van der Waals surface area contributed by atoms with Gasteiger partial charge >= 0.3 is 5.97 Å². The first-order valence-corrected chi connectivity index (χ1v) is 20.5. The molecule has 0 radical (unpaired) electrons. The predicted molar refractivity (Wildman–Crippen MR) is 247 cm³/mol. The van der Waals surface area contributed by atoms with Crippen molar-refractivity contribution in [2.24, 2.45) is 5.73 Å². The molecule has 0 fully saturated rings. The largest absolute Gasteiger partial charge is 0.488 e. The highest BCUT2D eigenvalue weighted by molar-refractivity contribution is 5.95. The quantitative estimate of drug-likeness (QED) is 0.0938. The maximum atomic E-state index is 12.8. The zero-order chi connectivity index (χ0) is 44.3. The Morgan fingerprint density at radius 2 is 0.902 bits per heavy atom. The number of likely N-dealkylation sites (N-methyl/N-ethyl adjacent to an activating group) is 2. The first kappa shape index (κ1) is 47.4. The van der Waals surface area contributed by atoms with Gasteiger partial charge in [-0.15, -0.1) is 0 Å². The molecule has 0 saturated heterocycles. The zero-order valence-corrected chi connectivity index (χ0v) is 36.9. The van der Waals surface area contributed by atoms with Crippen LogP contribution in [0.25, 0.3) is 0 Å². The molecule has 0 aliphatic heterocycles. The van der Waals surface area contributed by atoms with Crippen molar-refractivity contribution in [1.29, 1.82) is 0 Å². The third kappa shape index (κ3) is 14.8. The highest BCUT2D eigenvalue weighted by Gasteiger charge is 2.18. The van der Waals surface area contributed by atoms with Gasteiger partial charge in [-0.05, 0) is 125 Å². The molecule has 0 heterocycles. The summed E-state index contributed by atoms with van der Waals surface area (Å²) in [7, 11) is 8.14. The van der Waals surface area contributed by atoms with Crippen LogP contribution in [0.1, 0.15) is 77.3 Å². The topological polar surface area (TPSA) is 117 Å². The standard InChI is InChI=1S/C26H30N2O2.C16H16O3.C10H16N2/c1-19-15-23(16-20(2)25(19)30-18-21-11-7-5-8-12-21)26(29)27-17-24(28(3)4)22-13-9-6-10-14-22;1-11-8-14(16(17)18)9-12(2)15(11)19-10-13-6-4-3-5-7-13;1-12(2)10(8-11)9-6-4-3-5-7-9/h5-16,24H,17-18H2,1-4H3,(H,27,29);3-9H,10H2,1-2H3,(H,17,18);3-7,10H,8,11H2,1-2H3. The number of carboxylic acid groups (broad SMARTS) is 1. The van der Waals surface area contributed by atoms with Crippen molar-refractivity contribution in [3.8, 4) is 11.5 Å². The number of amides is 1. The van der Waals surface area contributed by atoms with E-state index in [1.807, 2.05) is 165 Å². The van der Waals surface area contributed by atoms with Crippen LogP contribution in [-0.4, -0.2) is 68.1 Å². The van der Waals surface area contributed by atoms with Gasteiger partial charge in [0.25, 0.3) is 5.91 Å². The number of nitrogens with one attached hydrogen (secondary N) is 1. The van der Waals surface area contributed by atoms with Gasteiger partial charge < -0.3 is 35.4 Å². The molecule has 0 aliphatic carbocycles. The summed E-state index contributed by atoms with van der Waals surface area (Å²) < 4.78 is 11.8. The Balaban J connectivity index is 0.000000224. The van der Waals surface area contributed by atoms with Crippen LogP contribution in [0.15, 0.2) is 146 Å². The lowest BCUT2D eigenvalue weighted by Gasteiger charge is -2.25. The molecular weight excluding hydrogens is 761 g/mol. The van der Waals surface area contributed by atoms with E-state index in [-0.39, 0.29) is 11.9 Å². The van der Waals surface area contributed by atoms with Crippen molar-refractivity contribution in [2.45, 2.75) is 53.0 Å². The third-order valence-electron chi connectivity index (χ3n) is 10.2. The number of carbonyl (C=O) groups excluding carboxylic acids is 1. The summed E-state index contributed by atoms with van der Waals surface area (Å²) >= 11 is 0. The molecule has 6 aromatic rings. The van der Waals surface area contributed by atoms with Gasteiger partial charge in [0.1, 0.15) is 24.7 Å². The van der Waals surface area contributed by atoms with Crippen LogP contribution in [0.5, 0.6) is 11.5 Å². The molecule has 2 atom stereocenters. The summed E-state index contributed by atoms with van der Waals surface area (Å²) in [5.41, 5.74) is 14.9. The summed E-state index contributed by atoms with van der Waals surface area (Å²) in [6.45, 7) is 9.88. The molecule has 0 aromatic heterocycles. The fourth-order valence-corrected chi connectivity index (χ4v) is 6.96. The maximum absolute atomic E-state index is 12.8. The Hall–Kier alpha value is -6.26. The van der Waals surface area contributed by atoms with Crippen LogP contribution >= 0.6 is 0 Å². The van der Waals surface area contributed by atoms with Crippen molar-refractivity contribution < 1.29 is 24.2 Å². The zero-order valence-electron chi connectivity index (χ0n) is 36.9. The van der Waals surface area contributed by atoms with Crippen molar-refractivity contribution in [2.75, 3.05) is 41.3 Å². The van der Waals surface area contributed by atoms with Gasteiger partial charge in [-0.2, -0.15) is 0 Å². The minimum Gasteiger partial charge on any atom is -0.488 e. The van der Waals surface area contributed by atoms with Crippen LogP contribution in [0.4, 0.5) is 0 Å². The second-order valence-electron chi connectivity index (χ2n) is 15.5. The van der Waals surface area contributed by atoms with Crippen molar-refractivity contribution in [1.82, 2.24) is 15.1 Å². The summed E-state index contributed by atoms with van der Waals surface area (Å²) in [6.07, 6.45) is 0. The first-order valence-electron chi connectivity index (χ1n) is 20.5. The van der Waals surface area contributed by atoms with E-state index in [1.165, 1.54) is 11.1 Å². The number of rotatable bonds is 15. The molecule has 320 valence electrons. The van der Waals surface area contributed by atoms with Crippen molar-refractivity contribution in [3.05, 3.63) is 201 Å². The monoisotopic (exact) mass is 822 g/mol. The Kier molecular flexibility index (Phi) is 18.7. The number of nitrogens with two attached hydrogens (primary N) is 1. The van der Waals surface area contributed by atoms with Crippen LogP contribution in [-0.2, 0) is 13.2 Å². The molecule has 61 heavy (non-hydrogen) atoms. The summed E-state index contributed by atoms with van der Waals surface area (Å²) in [5.74, 6) is 0.610.